The number of esters is 1. The summed E-state index contributed by atoms with van der Waals surface area (Å²) in [5, 5.41) is 5.42. The number of methoxy groups -OCH3 is 2. The number of hydrogen-bond donors (Lipinski definition) is 2. The summed E-state index contributed by atoms with van der Waals surface area (Å²) < 4.78 is 9.79. The van der Waals surface area contributed by atoms with E-state index in [1.54, 1.807) is 49.6 Å². The smallest absolute Gasteiger partial charge is 0.339 e. The molecule has 0 aliphatic rings. The van der Waals surface area contributed by atoms with E-state index in [9.17, 15) is 9.59 Å². The van der Waals surface area contributed by atoms with Gasteiger partial charge in [-0.1, -0.05) is 24.3 Å². The molecule has 2 rings (SSSR count). The lowest BCUT2D eigenvalue weighted by Crippen LogP contribution is -2.33. The van der Waals surface area contributed by atoms with Crippen molar-refractivity contribution in [1.82, 2.24) is 5.32 Å². The zero-order valence-electron chi connectivity index (χ0n) is 14.3. The molecule has 134 valence electrons. The predicted molar refractivity (Wildman–Crippen MR) is 104 cm³/mol. The largest absolute Gasteiger partial charge is 0.497 e. The van der Waals surface area contributed by atoms with Gasteiger partial charge in [0.1, 0.15) is 5.75 Å². The van der Waals surface area contributed by atoms with Gasteiger partial charge in [-0.05, 0) is 48.1 Å². The molecule has 0 radical (unpaired) electrons. The SMILES string of the molecule is COC(=O)c1ccccc1NC(=S)NC(=O)/C=C\c1ccc(OC)cc1. The second kappa shape index (κ2) is 9.33. The van der Waals surface area contributed by atoms with Crippen LogP contribution in [0.1, 0.15) is 15.9 Å². The molecule has 2 aromatic rings. The quantitative estimate of drug-likeness (QED) is 0.479. The van der Waals surface area contributed by atoms with Crippen LogP contribution in [0.4, 0.5) is 5.69 Å². The summed E-state index contributed by atoms with van der Waals surface area (Å²) in [5.74, 6) is -0.156. The van der Waals surface area contributed by atoms with Crippen molar-refractivity contribution in [2.75, 3.05) is 19.5 Å². The van der Waals surface area contributed by atoms with Gasteiger partial charge in [-0.25, -0.2) is 4.79 Å². The lowest BCUT2D eigenvalue weighted by atomic mass is 10.2. The molecule has 0 bridgehead atoms. The molecule has 6 nitrogen and oxygen atoms in total. The number of anilines is 1. The normalized spacial score (nSPS) is 10.2. The molecule has 0 saturated carbocycles. The molecule has 26 heavy (non-hydrogen) atoms. The maximum atomic E-state index is 12.0. The molecule has 0 fully saturated rings. The van der Waals surface area contributed by atoms with Gasteiger partial charge in [-0.15, -0.1) is 0 Å². The van der Waals surface area contributed by atoms with E-state index in [4.69, 9.17) is 21.7 Å². The lowest BCUT2D eigenvalue weighted by Gasteiger charge is -2.11. The topological polar surface area (TPSA) is 76.7 Å². The lowest BCUT2D eigenvalue weighted by molar-refractivity contribution is -0.115. The van der Waals surface area contributed by atoms with Crippen molar-refractivity contribution in [2.24, 2.45) is 0 Å². The van der Waals surface area contributed by atoms with Gasteiger partial charge in [0.2, 0.25) is 5.91 Å². The maximum absolute atomic E-state index is 12.0. The van der Waals surface area contributed by atoms with Crippen LogP contribution in [-0.4, -0.2) is 31.2 Å². The number of carbonyl (C=O) groups is 2. The Morgan fingerprint density at radius 3 is 2.38 bits per heavy atom. The minimum absolute atomic E-state index is 0.0748. The van der Waals surface area contributed by atoms with Crippen molar-refractivity contribution in [3.8, 4) is 5.75 Å². The van der Waals surface area contributed by atoms with E-state index in [0.717, 1.165) is 11.3 Å². The Bertz CT molecular complexity index is 832. The van der Waals surface area contributed by atoms with Crippen molar-refractivity contribution in [1.29, 1.82) is 0 Å². The first-order valence-electron chi connectivity index (χ1n) is 7.65. The highest BCUT2D eigenvalue weighted by Crippen LogP contribution is 2.16. The number of amides is 1. The summed E-state index contributed by atoms with van der Waals surface area (Å²) in [6, 6.07) is 14.0. The van der Waals surface area contributed by atoms with Crippen molar-refractivity contribution in [3.63, 3.8) is 0 Å². The van der Waals surface area contributed by atoms with Crippen LogP contribution in [0, 0.1) is 0 Å². The van der Waals surface area contributed by atoms with Crippen molar-refractivity contribution >= 4 is 41.0 Å². The summed E-state index contributed by atoms with van der Waals surface area (Å²) in [5.41, 5.74) is 1.61. The fourth-order valence-corrected chi connectivity index (χ4v) is 2.28. The fraction of sp³-hybridized carbons (Fsp3) is 0.105. The predicted octanol–water partition coefficient (Wildman–Crippen LogP) is 3.01. The number of hydrogen-bond acceptors (Lipinski definition) is 5. The van der Waals surface area contributed by atoms with Gasteiger partial charge < -0.3 is 14.8 Å². The Morgan fingerprint density at radius 2 is 1.73 bits per heavy atom. The number of ether oxygens (including phenoxy) is 2. The number of nitrogens with one attached hydrogen (secondary N) is 2. The zero-order valence-corrected chi connectivity index (χ0v) is 15.1. The van der Waals surface area contributed by atoms with Crippen molar-refractivity contribution < 1.29 is 19.1 Å². The van der Waals surface area contributed by atoms with Crippen molar-refractivity contribution in [3.05, 3.63) is 65.7 Å². The summed E-state index contributed by atoms with van der Waals surface area (Å²) in [7, 11) is 2.88. The van der Waals surface area contributed by atoms with E-state index in [-0.39, 0.29) is 5.11 Å². The van der Waals surface area contributed by atoms with E-state index in [2.05, 4.69) is 10.6 Å². The molecule has 0 heterocycles. The Kier molecular flexibility index (Phi) is 6.87. The number of rotatable bonds is 5. The molecule has 0 aliphatic carbocycles. The average molecular weight is 370 g/mol. The van der Waals surface area contributed by atoms with Crippen LogP contribution in [0.2, 0.25) is 0 Å². The highest BCUT2D eigenvalue weighted by atomic mass is 32.1. The zero-order chi connectivity index (χ0) is 18.9. The third-order valence-electron chi connectivity index (χ3n) is 3.36. The van der Waals surface area contributed by atoms with E-state index in [1.165, 1.54) is 13.2 Å². The summed E-state index contributed by atoms with van der Waals surface area (Å²) in [6.07, 6.45) is 3.02. The fourth-order valence-electron chi connectivity index (χ4n) is 2.07. The van der Waals surface area contributed by atoms with Crippen LogP contribution >= 0.6 is 12.2 Å². The molecule has 0 aliphatic heterocycles. The van der Waals surface area contributed by atoms with Gasteiger partial charge in [0.25, 0.3) is 0 Å². The van der Waals surface area contributed by atoms with Gasteiger partial charge >= 0.3 is 5.97 Å². The summed E-state index contributed by atoms with van der Waals surface area (Å²) in [4.78, 5) is 23.7. The third-order valence-corrected chi connectivity index (χ3v) is 3.56. The third kappa shape index (κ3) is 5.42. The molecular weight excluding hydrogens is 352 g/mol. The number of para-hydroxylation sites is 1. The minimum atomic E-state index is -0.498. The van der Waals surface area contributed by atoms with Crippen LogP contribution in [0.3, 0.4) is 0 Å². The summed E-state index contributed by atoms with van der Waals surface area (Å²) >= 11 is 5.11. The van der Waals surface area contributed by atoms with Crippen LogP contribution < -0.4 is 15.4 Å². The molecule has 0 aromatic heterocycles. The molecule has 1 amide bonds. The van der Waals surface area contributed by atoms with Gasteiger partial charge in [-0.3, -0.25) is 10.1 Å². The highest BCUT2D eigenvalue weighted by molar-refractivity contribution is 7.80. The van der Waals surface area contributed by atoms with E-state index < -0.39 is 11.9 Å². The monoisotopic (exact) mass is 370 g/mol. The minimum Gasteiger partial charge on any atom is -0.497 e. The molecule has 2 aromatic carbocycles. The molecule has 0 atom stereocenters. The average Bonchev–Trinajstić information content (AvgIpc) is 2.66. The molecule has 2 N–H and O–H groups in total. The highest BCUT2D eigenvalue weighted by Gasteiger charge is 2.12. The van der Waals surface area contributed by atoms with Crippen LogP contribution in [0.25, 0.3) is 6.08 Å². The molecule has 0 saturated heterocycles. The van der Waals surface area contributed by atoms with Crippen LogP contribution in [0.5, 0.6) is 5.75 Å². The van der Waals surface area contributed by atoms with Gasteiger partial charge in [0.05, 0.1) is 25.5 Å². The van der Waals surface area contributed by atoms with Gasteiger partial charge in [-0.2, -0.15) is 0 Å². The first-order valence-corrected chi connectivity index (χ1v) is 8.05. The van der Waals surface area contributed by atoms with Crippen LogP contribution in [0.15, 0.2) is 54.6 Å². The Balaban J connectivity index is 1.96. The standard InChI is InChI=1S/C19H18N2O4S/c1-24-14-10-7-13(8-11-14)9-12-17(22)21-19(26)20-16-6-4-3-5-15(16)18(23)25-2/h3-12H,1-2H3,(H2,20,21,22,26)/b12-9-. The second-order valence-corrected chi connectivity index (χ2v) is 5.50. The molecule has 7 heteroatoms. The number of benzene rings is 2. The Labute approximate surface area is 156 Å². The Morgan fingerprint density at radius 1 is 1.04 bits per heavy atom. The van der Waals surface area contributed by atoms with Gasteiger partial charge in [0, 0.05) is 6.08 Å². The molecular formula is C19H18N2O4S. The maximum Gasteiger partial charge on any atom is 0.339 e. The summed E-state index contributed by atoms with van der Waals surface area (Å²) in [6.45, 7) is 0. The Hall–Kier alpha value is -3.19. The van der Waals surface area contributed by atoms with Crippen molar-refractivity contribution in [2.45, 2.75) is 0 Å². The van der Waals surface area contributed by atoms with E-state index in [1.807, 2.05) is 12.1 Å². The first-order chi connectivity index (χ1) is 12.5. The van der Waals surface area contributed by atoms with Crippen LogP contribution in [-0.2, 0) is 9.53 Å². The second-order valence-electron chi connectivity index (χ2n) is 5.09. The van der Waals surface area contributed by atoms with E-state index in [0.29, 0.717) is 11.3 Å². The number of thiocarbonyl (C=S) groups is 1. The molecule has 0 spiro atoms. The number of carbonyl (C=O) groups excluding carboxylic acids is 2. The molecule has 0 unspecified atom stereocenters. The van der Waals surface area contributed by atoms with Gasteiger partial charge in [0.15, 0.2) is 5.11 Å². The first kappa shape index (κ1) is 19.1. The van der Waals surface area contributed by atoms with E-state index >= 15 is 0 Å².